The van der Waals surface area contributed by atoms with E-state index in [1.807, 2.05) is 34.4 Å². The molecular weight excluding hydrogens is 348 g/mol. The molecule has 4 rings (SSSR count). The molecule has 0 aliphatic carbocycles. The molecule has 3 aromatic heterocycles. The van der Waals surface area contributed by atoms with Crippen molar-refractivity contribution in [2.75, 3.05) is 31.1 Å². The molecule has 1 amide bonds. The number of thiazole rings is 1. The van der Waals surface area contributed by atoms with E-state index in [1.165, 1.54) is 11.3 Å². The lowest BCUT2D eigenvalue weighted by molar-refractivity contribution is 0.0750. The zero-order chi connectivity index (χ0) is 18.3. The monoisotopic (exact) mass is 370 g/mol. The smallest absolute Gasteiger partial charge is 0.265 e. The van der Waals surface area contributed by atoms with Crippen LogP contribution in [0.15, 0.2) is 24.4 Å². The number of aromatic nitrogens is 4. The molecule has 1 aliphatic rings. The molecule has 1 saturated heterocycles. The summed E-state index contributed by atoms with van der Waals surface area (Å²) in [5.41, 5.74) is 0.941. The van der Waals surface area contributed by atoms with Crippen LogP contribution >= 0.6 is 11.3 Å². The molecular formula is C18H22N6OS. The van der Waals surface area contributed by atoms with Gasteiger partial charge in [-0.15, -0.1) is 10.2 Å². The van der Waals surface area contributed by atoms with Crippen molar-refractivity contribution in [3.63, 3.8) is 0 Å². The van der Waals surface area contributed by atoms with Crippen LogP contribution in [0.2, 0.25) is 0 Å². The molecule has 0 aromatic carbocycles. The van der Waals surface area contributed by atoms with Crippen molar-refractivity contribution in [1.82, 2.24) is 24.5 Å². The third kappa shape index (κ3) is 2.84. The van der Waals surface area contributed by atoms with Gasteiger partial charge in [0.1, 0.15) is 16.5 Å². The van der Waals surface area contributed by atoms with E-state index in [9.17, 15) is 4.79 Å². The Hall–Kier alpha value is -2.48. The van der Waals surface area contributed by atoms with Gasteiger partial charge in [0.15, 0.2) is 0 Å². The Bertz CT molecular complexity index is 924. The van der Waals surface area contributed by atoms with Gasteiger partial charge in [-0.2, -0.15) is 0 Å². The second-order valence-electron chi connectivity index (χ2n) is 6.81. The maximum atomic E-state index is 13.1. The van der Waals surface area contributed by atoms with E-state index >= 15 is 0 Å². The molecule has 3 aromatic rings. The number of fused-ring (bicyclic) bond motifs is 1. The first kappa shape index (κ1) is 17.0. The lowest BCUT2D eigenvalue weighted by atomic mass is 10.2. The summed E-state index contributed by atoms with van der Waals surface area (Å²) in [6.07, 6.45) is 1.80. The number of anilines is 1. The van der Waals surface area contributed by atoms with Gasteiger partial charge in [0.25, 0.3) is 5.91 Å². The zero-order valence-corrected chi connectivity index (χ0v) is 16.0. The first-order chi connectivity index (χ1) is 12.6. The molecule has 0 bridgehead atoms. The summed E-state index contributed by atoms with van der Waals surface area (Å²) in [7, 11) is 0. The topological polar surface area (TPSA) is 66.6 Å². The molecule has 0 N–H and O–H groups in total. The Morgan fingerprint density at radius 2 is 1.92 bits per heavy atom. The van der Waals surface area contributed by atoms with Gasteiger partial charge in [-0.05, 0) is 19.1 Å². The molecule has 1 fully saturated rings. The Kier molecular flexibility index (Phi) is 4.36. The number of piperazine rings is 1. The highest BCUT2D eigenvalue weighted by Crippen LogP contribution is 2.27. The minimum Gasteiger partial charge on any atom is -0.353 e. The maximum absolute atomic E-state index is 13.1. The second-order valence-corrected chi connectivity index (χ2v) is 7.79. The Morgan fingerprint density at radius 3 is 2.58 bits per heavy atom. The van der Waals surface area contributed by atoms with E-state index in [4.69, 9.17) is 0 Å². The van der Waals surface area contributed by atoms with Crippen LogP contribution in [0, 0.1) is 6.92 Å². The molecule has 4 heterocycles. The molecule has 8 heteroatoms. The Balaban J connectivity index is 1.52. The van der Waals surface area contributed by atoms with Crippen molar-refractivity contribution < 1.29 is 4.79 Å². The van der Waals surface area contributed by atoms with Gasteiger partial charge in [0, 0.05) is 44.0 Å². The SMILES string of the molecule is Cc1c(C(=O)N2CCN(c3ccccn3)CC2)sc2nnc(C(C)C)n12. The molecule has 0 unspecified atom stereocenters. The summed E-state index contributed by atoms with van der Waals surface area (Å²) in [4.78, 5) is 23.2. The summed E-state index contributed by atoms with van der Waals surface area (Å²) in [5.74, 6) is 2.24. The highest BCUT2D eigenvalue weighted by Gasteiger charge is 2.27. The first-order valence-corrected chi connectivity index (χ1v) is 9.67. The average molecular weight is 370 g/mol. The van der Waals surface area contributed by atoms with Crippen molar-refractivity contribution in [3.05, 3.63) is 40.8 Å². The molecule has 0 saturated carbocycles. The first-order valence-electron chi connectivity index (χ1n) is 8.86. The van der Waals surface area contributed by atoms with Crippen molar-refractivity contribution >= 4 is 28.0 Å². The molecule has 26 heavy (non-hydrogen) atoms. The summed E-state index contributed by atoms with van der Waals surface area (Å²) >= 11 is 1.43. The van der Waals surface area contributed by atoms with Gasteiger partial charge in [-0.1, -0.05) is 31.3 Å². The predicted molar refractivity (Wildman–Crippen MR) is 102 cm³/mol. The van der Waals surface area contributed by atoms with E-state index in [-0.39, 0.29) is 11.8 Å². The fourth-order valence-corrected chi connectivity index (χ4v) is 4.37. The van der Waals surface area contributed by atoms with Crippen molar-refractivity contribution in [2.24, 2.45) is 0 Å². The lowest BCUT2D eigenvalue weighted by Crippen LogP contribution is -2.49. The number of pyridine rings is 1. The maximum Gasteiger partial charge on any atom is 0.265 e. The van der Waals surface area contributed by atoms with Crippen molar-refractivity contribution in [2.45, 2.75) is 26.7 Å². The normalized spacial score (nSPS) is 15.2. The molecule has 0 spiro atoms. The third-order valence-corrected chi connectivity index (χ3v) is 5.89. The van der Waals surface area contributed by atoms with E-state index in [0.717, 1.165) is 40.3 Å². The second kappa shape index (κ2) is 6.68. The number of hydrogen-bond donors (Lipinski definition) is 0. The number of hydrogen-bond acceptors (Lipinski definition) is 6. The van der Waals surface area contributed by atoms with Crippen LogP contribution in [0.25, 0.3) is 4.96 Å². The Morgan fingerprint density at radius 1 is 1.15 bits per heavy atom. The highest BCUT2D eigenvalue weighted by molar-refractivity contribution is 7.19. The number of nitrogens with zero attached hydrogens (tertiary/aromatic N) is 6. The van der Waals surface area contributed by atoms with Crippen LogP contribution in [0.3, 0.4) is 0 Å². The van der Waals surface area contributed by atoms with Gasteiger partial charge in [0.05, 0.1) is 0 Å². The van der Waals surface area contributed by atoms with Gasteiger partial charge >= 0.3 is 0 Å². The highest BCUT2D eigenvalue weighted by atomic mass is 32.1. The summed E-state index contributed by atoms with van der Waals surface area (Å²) < 4.78 is 2.02. The quantitative estimate of drug-likeness (QED) is 0.709. The predicted octanol–water partition coefficient (Wildman–Crippen LogP) is 2.58. The van der Waals surface area contributed by atoms with Crippen molar-refractivity contribution in [1.29, 1.82) is 0 Å². The number of aryl methyl sites for hydroxylation is 1. The number of carbonyl (C=O) groups excluding carboxylic acids is 1. The van der Waals surface area contributed by atoms with Crippen LogP contribution in [0.1, 0.15) is 41.0 Å². The Labute approximate surface area is 156 Å². The van der Waals surface area contributed by atoms with E-state index in [1.54, 1.807) is 6.20 Å². The van der Waals surface area contributed by atoms with Crippen LogP contribution in [-0.4, -0.2) is 56.6 Å². The zero-order valence-electron chi connectivity index (χ0n) is 15.2. The molecule has 136 valence electrons. The molecule has 1 aliphatic heterocycles. The molecule has 0 atom stereocenters. The fraction of sp³-hybridized carbons (Fsp3) is 0.444. The number of amides is 1. The largest absolute Gasteiger partial charge is 0.353 e. The molecule has 0 radical (unpaired) electrons. The van der Waals surface area contributed by atoms with Crippen LogP contribution in [-0.2, 0) is 0 Å². The fourth-order valence-electron chi connectivity index (χ4n) is 3.32. The van der Waals surface area contributed by atoms with Crippen LogP contribution in [0.5, 0.6) is 0 Å². The van der Waals surface area contributed by atoms with E-state index < -0.39 is 0 Å². The minimum absolute atomic E-state index is 0.0911. The standard InChI is InChI=1S/C18H22N6OS/c1-12(2)16-20-21-18-24(16)13(3)15(26-18)17(25)23-10-8-22(9-11-23)14-6-4-5-7-19-14/h4-7,12H,8-11H2,1-3H3. The lowest BCUT2D eigenvalue weighted by Gasteiger charge is -2.35. The van der Waals surface area contributed by atoms with E-state index in [0.29, 0.717) is 13.1 Å². The van der Waals surface area contributed by atoms with Crippen molar-refractivity contribution in [3.8, 4) is 0 Å². The van der Waals surface area contributed by atoms with Gasteiger partial charge in [-0.25, -0.2) is 4.98 Å². The van der Waals surface area contributed by atoms with Gasteiger partial charge in [-0.3, -0.25) is 9.20 Å². The third-order valence-electron chi connectivity index (χ3n) is 4.77. The van der Waals surface area contributed by atoms with Crippen LogP contribution in [0.4, 0.5) is 5.82 Å². The molecule has 7 nitrogen and oxygen atoms in total. The number of carbonyl (C=O) groups is 1. The van der Waals surface area contributed by atoms with Gasteiger partial charge < -0.3 is 9.80 Å². The average Bonchev–Trinajstić information content (AvgIpc) is 3.22. The summed E-state index contributed by atoms with van der Waals surface area (Å²) in [6.45, 7) is 9.15. The minimum atomic E-state index is 0.0911. The van der Waals surface area contributed by atoms with Gasteiger partial charge in [0.2, 0.25) is 4.96 Å². The van der Waals surface area contributed by atoms with Crippen LogP contribution < -0.4 is 4.90 Å². The number of rotatable bonds is 3. The summed E-state index contributed by atoms with van der Waals surface area (Å²) in [6, 6.07) is 5.92. The summed E-state index contributed by atoms with van der Waals surface area (Å²) in [5, 5.41) is 8.50. The van der Waals surface area contributed by atoms with E-state index in [2.05, 4.69) is 33.9 Å².